The Hall–Kier alpha value is -0.640. The van der Waals surface area contributed by atoms with Gasteiger partial charge in [-0.25, -0.2) is 4.39 Å². The van der Waals surface area contributed by atoms with Crippen molar-refractivity contribution < 1.29 is 9.13 Å². The summed E-state index contributed by atoms with van der Waals surface area (Å²) in [5.41, 5.74) is 0.494. The van der Waals surface area contributed by atoms with Crippen molar-refractivity contribution in [2.24, 2.45) is 0 Å². The van der Waals surface area contributed by atoms with Gasteiger partial charge in [0.25, 0.3) is 0 Å². The molecule has 0 aliphatic heterocycles. The second-order valence-electron chi connectivity index (χ2n) is 2.87. The van der Waals surface area contributed by atoms with Crippen LogP contribution in [0.3, 0.4) is 0 Å². The van der Waals surface area contributed by atoms with Crippen molar-refractivity contribution >= 4 is 11.6 Å². The highest BCUT2D eigenvalue weighted by molar-refractivity contribution is 6.30. The summed E-state index contributed by atoms with van der Waals surface area (Å²) in [6.45, 7) is 1.57. The molecule has 14 heavy (non-hydrogen) atoms. The van der Waals surface area contributed by atoms with E-state index in [0.717, 1.165) is 6.54 Å². The van der Waals surface area contributed by atoms with Gasteiger partial charge in [0.15, 0.2) is 0 Å². The highest BCUT2D eigenvalue weighted by Crippen LogP contribution is 2.18. The van der Waals surface area contributed by atoms with Crippen LogP contribution in [0.2, 0.25) is 5.02 Å². The van der Waals surface area contributed by atoms with E-state index in [4.69, 9.17) is 16.3 Å². The normalized spacial score (nSPS) is 10.5. The number of nitrogens with one attached hydrogen (secondary N) is 1. The van der Waals surface area contributed by atoms with Crippen LogP contribution in [0.1, 0.15) is 5.56 Å². The van der Waals surface area contributed by atoms with Gasteiger partial charge in [0, 0.05) is 12.1 Å². The molecule has 0 spiro atoms. The van der Waals surface area contributed by atoms with Crippen molar-refractivity contribution in [1.29, 1.82) is 0 Å². The van der Waals surface area contributed by atoms with Crippen LogP contribution < -0.4 is 5.32 Å². The van der Waals surface area contributed by atoms with Crippen LogP contribution in [0, 0.1) is 5.82 Å². The first kappa shape index (κ1) is 11.4. The van der Waals surface area contributed by atoms with Crippen LogP contribution in [-0.4, -0.2) is 20.2 Å². The molecular formula is C10H13ClFNO. The Kier molecular flexibility index (Phi) is 4.87. The highest BCUT2D eigenvalue weighted by Gasteiger charge is 2.05. The number of benzene rings is 1. The molecule has 0 saturated carbocycles. The first-order chi connectivity index (χ1) is 6.75. The second-order valence-corrected chi connectivity index (χ2v) is 3.28. The average Bonchev–Trinajstić information content (AvgIpc) is 2.19. The van der Waals surface area contributed by atoms with Gasteiger partial charge < -0.3 is 10.1 Å². The Bertz CT molecular complexity index is 293. The lowest BCUT2D eigenvalue weighted by Gasteiger charge is -2.05. The third-order valence-corrected chi connectivity index (χ3v) is 2.08. The molecule has 1 aromatic carbocycles. The molecule has 0 amide bonds. The molecule has 0 aromatic heterocycles. The van der Waals surface area contributed by atoms with Gasteiger partial charge in [-0.05, 0) is 13.1 Å². The number of ether oxygens (including phenoxy) is 1. The lowest BCUT2D eigenvalue weighted by atomic mass is 10.2. The molecular weight excluding hydrogens is 205 g/mol. The summed E-state index contributed by atoms with van der Waals surface area (Å²) in [5, 5.41) is 3.07. The van der Waals surface area contributed by atoms with Gasteiger partial charge in [-0.2, -0.15) is 0 Å². The fraction of sp³-hybridized carbons (Fsp3) is 0.400. The predicted molar refractivity (Wildman–Crippen MR) is 55.0 cm³/mol. The van der Waals surface area contributed by atoms with Crippen LogP contribution in [0.15, 0.2) is 18.2 Å². The van der Waals surface area contributed by atoms with Crippen molar-refractivity contribution in [1.82, 2.24) is 5.32 Å². The molecule has 0 aliphatic rings. The zero-order valence-corrected chi connectivity index (χ0v) is 8.77. The van der Waals surface area contributed by atoms with E-state index in [0.29, 0.717) is 12.2 Å². The lowest BCUT2D eigenvalue weighted by molar-refractivity contribution is 0.121. The molecule has 0 heterocycles. The van der Waals surface area contributed by atoms with Crippen LogP contribution in [0.4, 0.5) is 4.39 Å². The SMILES string of the molecule is CNCCOCc1cccc(Cl)c1F. The van der Waals surface area contributed by atoms with Crippen LogP contribution in [0.5, 0.6) is 0 Å². The number of rotatable bonds is 5. The minimum atomic E-state index is -0.390. The molecule has 1 N–H and O–H groups in total. The molecule has 0 aliphatic carbocycles. The minimum absolute atomic E-state index is 0.139. The molecule has 0 bridgehead atoms. The molecule has 0 radical (unpaired) electrons. The van der Waals surface area contributed by atoms with Crippen molar-refractivity contribution in [2.45, 2.75) is 6.61 Å². The Labute approximate surface area is 88.0 Å². The summed E-state index contributed by atoms with van der Waals surface area (Å²) in [5.74, 6) is -0.390. The average molecular weight is 218 g/mol. The highest BCUT2D eigenvalue weighted by atomic mass is 35.5. The molecule has 4 heteroatoms. The van der Waals surface area contributed by atoms with Crippen molar-refractivity contribution in [3.05, 3.63) is 34.6 Å². The van der Waals surface area contributed by atoms with Gasteiger partial charge in [-0.3, -0.25) is 0 Å². The van der Waals surface area contributed by atoms with E-state index in [9.17, 15) is 4.39 Å². The van der Waals surface area contributed by atoms with E-state index in [2.05, 4.69) is 5.32 Å². The Morgan fingerprint density at radius 1 is 1.50 bits per heavy atom. The van der Waals surface area contributed by atoms with Crippen LogP contribution in [-0.2, 0) is 11.3 Å². The Morgan fingerprint density at radius 3 is 3.00 bits per heavy atom. The topological polar surface area (TPSA) is 21.3 Å². The number of likely N-dealkylation sites (N-methyl/N-ethyl adjacent to an activating group) is 1. The Morgan fingerprint density at radius 2 is 2.29 bits per heavy atom. The van der Waals surface area contributed by atoms with Gasteiger partial charge in [0.05, 0.1) is 18.2 Å². The van der Waals surface area contributed by atoms with Gasteiger partial charge >= 0.3 is 0 Å². The van der Waals surface area contributed by atoms with E-state index in [-0.39, 0.29) is 11.6 Å². The maximum absolute atomic E-state index is 13.3. The van der Waals surface area contributed by atoms with Gasteiger partial charge in [0.1, 0.15) is 5.82 Å². The third kappa shape index (κ3) is 3.25. The largest absolute Gasteiger partial charge is 0.375 e. The molecule has 0 fully saturated rings. The van der Waals surface area contributed by atoms with E-state index in [1.165, 1.54) is 6.07 Å². The zero-order valence-electron chi connectivity index (χ0n) is 8.02. The summed E-state index contributed by atoms with van der Waals surface area (Å²) in [6, 6.07) is 4.90. The fourth-order valence-electron chi connectivity index (χ4n) is 1.02. The maximum Gasteiger partial charge on any atom is 0.147 e. The summed E-state index contributed by atoms with van der Waals surface area (Å²) in [7, 11) is 1.84. The van der Waals surface area contributed by atoms with E-state index < -0.39 is 5.82 Å². The molecule has 2 nitrogen and oxygen atoms in total. The van der Waals surface area contributed by atoms with E-state index in [1.54, 1.807) is 12.1 Å². The standard InChI is InChI=1S/C10H13ClFNO/c1-13-5-6-14-7-8-3-2-4-9(11)10(8)12/h2-4,13H,5-7H2,1H3. The summed E-state index contributed by atoms with van der Waals surface area (Å²) in [4.78, 5) is 0. The molecule has 0 saturated heterocycles. The fourth-order valence-corrected chi connectivity index (χ4v) is 1.21. The maximum atomic E-state index is 13.3. The molecule has 1 rings (SSSR count). The summed E-state index contributed by atoms with van der Waals surface area (Å²) < 4.78 is 18.5. The number of halogens is 2. The smallest absolute Gasteiger partial charge is 0.147 e. The van der Waals surface area contributed by atoms with E-state index >= 15 is 0 Å². The summed E-state index contributed by atoms with van der Waals surface area (Å²) in [6.07, 6.45) is 0. The first-order valence-electron chi connectivity index (χ1n) is 4.41. The Balaban J connectivity index is 2.46. The zero-order chi connectivity index (χ0) is 10.4. The quantitative estimate of drug-likeness (QED) is 0.764. The molecule has 1 aromatic rings. The van der Waals surface area contributed by atoms with Gasteiger partial charge in [-0.15, -0.1) is 0 Å². The molecule has 0 unspecified atom stereocenters. The monoisotopic (exact) mass is 217 g/mol. The van der Waals surface area contributed by atoms with Crippen molar-refractivity contribution in [2.75, 3.05) is 20.2 Å². The van der Waals surface area contributed by atoms with Crippen LogP contribution in [0.25, 0.3) is 0 Å². The number of hydrogen-bond donors (Lipinski definition) is 1. The lowest BCUT2D eigenvalue weighted by Crippen LogP contribution is -2.14. The third-order valence-electron chi connectivity index (χ3n) is 1.79. The first-order valence-corrected chi connectivity index (χ1v) is 4.78. The van der Waals surface area contributed by atoms with E-state index in [1.807, 2.05) is 7.05 Å². The predicted octanol–water partition coefficient (Wildman–Crippen LogP) is 2.22. The molecule has 0 atom stereocenters. The molecule has 78 valence electrons. The minimum Gasteiger partial charge on any atom is -0.375 e. The second kappa shape index (κ2) is 5.96. The van der Waals surface area contributed by atoms with Gasteiger partial charge in [0.2, 0.25) is 0 Å². The number of hydrogen-bond acceptors (Lipinski definition) is 2. The summed E-state index contributed by atoms with van der Waals surface area (Å²) >= 11 is 5.61. The van der Waals surface area contributed by atoms with Crippen molar-refractivity contribution in [3.8, 4) is 0 Å². The van der Waals surface area contributed by atoms with Crippen molar-refractivity contribution in [3.63, 3.8) is 0 Å². The van der Waals surface area contributed by atoms with Gasteiger partial charge in [-0.1, -0.05) is 23.7 Å². The van der Waals surface area contributed by atoms with Crippen LogP contribution >= 0.6 is 11.6 Å².